The van der Waals surface area contributed by atoms with E-state index >= 15 is 0 Å². The highest BCUT2D eigenvalue weighted by Crippen LogP contribution is 2.37. The van der Waals surface area contributed by atoms with Crippen molar-refractivity contribution in [3.05, 3.63) is 15.9 Å². The van der Waals surface area contributed by atoms with Crippen molar-refractivity contribution in [2.24, 2.45) is 5.92 Å². The lowest BCUT2D eigenvalue weighted by atomic mass is 10.0. The molecule has 1 aliphatic heterocycles. The lowest BCUT2D eigenvalue weighted by molar-refractivity contribution is 0.102. The van der Waals surface area contributed by atoms with Gasteiger partial charge in [-0.15, -0.1) is 0 Å². The Kier molecular flexibility index (Phi) is 4.71. The number of nitrogens with zero attached hydrogens (tertiary/aromatic N) is 3. The summed E-state index contributed by atoms with van der Waals surface area (Å²) in [7, 11) is 0. The van der Waals surface area contributed by atoms with Crippen molar-refractivity contribution in [1.29, 1.82) is 0 Å². The summed E-state index contributed by atoms with van der Waals surface area (Å²) in [6.45, 7) is 10.8. The standard InChI is InChI=1S/C16H27BrN4/c1-4-13-9-20(14(8-18-13)12-6-7-12)10-15-16(17)11(3)19-21(15)5-2/h12-14,18H,4-10H2,1-3H3. The van der Waals surface area contributed by atoms with Crippen LogP contribution in [-0.4, -0.2) is 39.9 Å². The van der Waals surface area contributed by atoms with Crippen molar-refractivity contribution in [2.45, 2.75) is 65.2 Å². The fourth-order valence-electron chi connectivity index (χ4n) is 3.51. The zero-order valence-corrected chi connectivity index (χ0v) is 15.0. The van der Waals surface area contributed by atoms with Crippen molar-refractivity contribution < 1.29 is 0 Å². The van der Waals surface area contributed by atoms with Gasteiger partial charge in [0.2, 0.25) is 0 Å². The highest BCUT2D eigenvalue weighted by molar-refractivity contribution is 9.10. The average Bonchev–Trinajstić information content (AvgIpc) is 3.30. The molecule has 0 radical (unpaired) electrons. The fourth-order valence-corrected chi connectivity index (χ4v) is 3.92. The largest absolute Gasteiger partial charge is 0.311 e. The number of rotatable bonds is 5. The van der Waals surface area contributed by atoms with Crippen molar-refractivity contribution in [3.8, 4) is 0 Å². The van der Waals surface area contributed by atoms with E-state index in [0.29, 0.717) is 12.1 Å². The summed E-state index contributed by atoms with van der Waals surface area (Å²) in [6.07, 6.45) is 4.03. The van der Waals surface area contributed by atoms with Crippen molar-refractivity contribution in [2.75, 3.05) is 13.1 Å². The van der Waals surface area contributed by atoms with E-state index in [1.54, 1.807) is 0 Å². The van der Waals surface area contributed by atoms with Gasteiger partial charge in [-0.1, -0.05) is 6.92 Å². The van der Waals surface area contributed by atoms with E-state index in [4.69, 9.17) is 0 Å². The normalized spacial score (nSPS) is 27.2. The molecule has 0 amide bonds. The molecule has 2 aliphatic rings. The average molecular weight is 355 g/mol. The fraction of sp³-hybridized carbons (Fsp3) is 0.812. The number of hydrogen-bond donors (Lipinski definition) is 1. The summed E-state index contributed by atoms with van der Waals surface area (Å²) >= 11 is 3.75. The molecule has 5 heteroatoms. The Hall–Kier alpha value is -0.390. The van der Waals surface area contributed by atoms with E-state index in [-0.39, 0.29) is 0 Å². The molecule has 4 nitrogen and oxygen atoms in total. The zero-order valence-electron chi connectivity index (χ0n) is 13.4. The van der Waals surface area contributed by atoms with Gasteiger partial charge in [0.15, 0.2) is 0 Å². The Morgan fingerprint density at radius 1 is 1.33 bits per heavy atom. The van der Waals surface area contributed by atoms with Gasteiger partial charge in [0.25, 0.3) is 0 Å². The molecule has 1 saturated heterocycles. The monoisotopic (exact) mass is 354 g/mol. The summed E-state index contributed by atoms with van der Waals surface area (Å²) in [4.78, 5) is 2.70. The summed E-state index contributed by atoms with van der Waals surface area (Å²) in [5.74, 6) is 0.910. The number of halogens is 1. The quantitative estimate of drug-likeness (QED) is 0.882. The number of aromatic nitrogens is 2. The van der Waals surface area contributed by atoms with Crippen molar-refractivity contribution >= 4 is 15.9 Å². The number of piperazine rings is 1. The summed E-state index contributed by atoms with van der Waals surface area (Å²) in [6, 6.07) is 1.35. The summed E-state index contributed by atoms with van der Waals surface area (Å²) in [5, 5.41) is 8.37. The van der Waals surface area contributed by atoms with E-state index in [0.717, 1.165) is 37.8 Å². The van der Waals surface area contributed by atoms with Gasteiger partial charge in [-0.25, -0.2) is 0 Å². The predicted octanol–water partition coefficient (Wildman–Crippen LogP) is 2.94. The Labute approximate surface area is 136 Å². The van der Waals surface area contributed by atoms with Crippen LogP contribution in [0.25, 0.3) is 0 Å². The second-order valence-corrected chi connectivity index (χ2v) is 7.30. The second-order valence-electron chi connectivity index (χ2n) is 6.51. The maximum absolute atomic E-state index is 4.65. The molecule has 2 fully saturated rings. The van der Waals surface area contributed by atoms with Crippen molar-refractivity contribution in [1.82, 2.24) is 20.0 Å². The van der Waals surface area contributed by atoms with Crippen LogP contribution in [0.15, 0.2) is 4.47 Å². The molecule has 2 atom stereocenters. The van der Waals surface area contributed by atoms with Crippen LogP contribution in [0.2, 0.25) is 0 Å². The maximum Gasteiger partial charge on any atom is 0.0739 e. The van der Waals surface area contributed by atoms with Gasteiger partial charge in [-0.2, -0.15) is 5.10 Å². The van der Waals surface area contributed by atoms with Crippen molar-refractivity contribution in [3.63, 3.8) is 0 Å². The molecule has 1 aromatic rings. The molecule has 0 aromatic carbocycles. The molecule has 0 spiro atoms. The van der Waals surface area contributed by atoms with Gasteiger partial charge in [0.05, 0.1) is 15.9 Å². The molecule has 1 saturated carbocycles. The van der Waals surface area contributed by atoms with E-state index in [2.05, 4.69) is 56.7 Å². The molecule has 2 heterocycles. The molecule has 1 aliphatic carbocycles. The number of aryl methyl sites for hydroxylation is 2. The van der Waals surface area contributed by atoms with Crippen LogP contribution in [0.5, 0.6) is 0 Å². The minimum Gasteiger partial charge on any atom is -0.311 e. The third kappa shape index (κ3) is 3.20. The van der Waals surface area contributed by atoms with Gasteiger partial charge < -0.3 is 5.32 Å². The molecule has 2 unspecified atom stereocenters. The first-order chi connectivity index (χ1) is 10.1. The molecule has 1 aromatic heterocycles. The third-order valence-corrected chi connectivity index (χ3v) is 6.04. The molecule has 0 bridgehead atoms. The van der Waals surface area contributed by atoms with Crippen LogP contribution < -0.4 is 5.32 Å². The van der Waals surface area contributed by atoms with Gasteiger partial charge in [-0.05, 0) is 55.0 Å². The zero-order chi connectivity index (χ0) is 15.0. The topological polar surface area (TPSA) is 33.1 Å². The lowest BCUT2D eigenvalue weighted by Crippen LogP contribution is -2.56. The molecular formula is C16H27BrN4. The minimum atomic E-state index is 0.637. The molecule has 21 heavy (non-hydrogen) atoms. The Balaban J connectivity index is 1.79. The van der Waals surface area contributed by atoms with Gasteiger partial charge >= 0.3 is 0 Å². The highest BCUT2D eigenvalue weighted by atomic mass is 79.9. The first kappa shape index (κ1) is 15.5. The van der Waals surface area contributed by atoms with Crippen LogP contribution in [-0.2, 0) is 13.1 Å². The van der Waals surface area contributed by atoms with E-state index in [9.17, 15) is 0 Å². The van der Waals surface area contributed by atoms with Gasteiger partial charge in [0, 0.05) is 38.3 Å². The predicted molar refractivity (Wildman–Crippen MR) is 89.3 cm³/mol. The van der Waals surface area contributed by atoms with Crippen LogP contribution in [0.3, 0.4) is 0 Å². The maximum atomic E-state index is 4.65. The molecule has 1 N–H and O–H groups in total. The number of hydrogen-bond acceptors (Lipinski definition) is 3. The lowest BCUT2D eigenvalue weighted by Gasteiger charge is -2.40. The molecule has 3 rings (SSSR count). The minimum absolute atomic E-state index is 0.637. The van der Waals surface area contributed by atoms with Crippen LogP contribution in [0.1, 0.15) is 44.5 Å². The Morgan fingerprint density at radius 2 is 2.10 bits per heavy atom. The van der Waals surface area contributed by atoms with Crippen LogP contribution in [0, 0.1) is 12.8 Å². The SMILES string of the molecule is CCC1CN(Cc2c(Br)c(C)nn2CC)C(C2CC2)CN1. The summed E-state index contributed by atoms with van der Waals surface area (Å²) in [5.41, 5.74) is 2.45. The van der Waals surface area contributed by atoms with Crippen LogP contribution in [0.4, 0.5) is 0 Å². The highest BCUT2D eigenvalue weighted by Gasteiger charge is 2.38. The Bertz CT molecular complexity index is 495. The molecule has 118 valence electrons. The first-order valence-corrected chi connectivity index (χ1v) is 9.12. The summed E-state index contributed by atoms with van der Waals surface area (Å²) < 4.78 is 3.36. The Morgan fingerprint density at radius 3 is 2.71 bits per heavy atom. The van der Waals surface area contributed by atoms with Gasteiger partial charge in [-0.3, -0.25) is 9.58 Å². The van der Waals surface area contributed by atoms with Crippen LogP contribution >= 0.6 is 15.9 Å². The smallest absolute Gasteiger partial charge is 0.0739 e. The first-order valence-electron chi connectivity index (χ1n) is 8.33. The third-order valence-electron chi connectivity index (χ3n) is 5.00. The van der Waals surface area contributed by atoms with E-state index < -0.39 is 0 Å². The number of nitrogens with one attached hydrogen (secondary N) is 1. The van der Waals surface area contributed by atoms with Gasteiger partial charge in [0.1, 0.15) is 0 Å². The van der Waals surface area contributed by atoms with E-state index in [1.165, 1.54) is 29.4 Å². The molecular weight excluding hydrogens is 328 g/mol. The second kappa shape index (κ2) is 6.39. The van der Waals surface area contributed by atoms with E-state index in [1.807, 2.05) is 0 Å².